The zero-order valence-electron chi connectivity index (χ0n) is 13.5. The number of carbonyl (C=O) groups is 1. The normalized spacial score (nSPS) is 14.7. The molecule has 0 aliphatic heterocycles. The Labute approximate surface area is 122 Å². The van der Waals surface area contributed by atoms with Crippen molar-refractivity contribution in [1.29, 1.82) is 0 Å². The highest BCUT2D eigenvalue weighted by molar-refractivity contribution is 5.75. The average molecular weight is 277 g/mol. The van der Waals surface area contributed by atoms with E-state index in [2.05, 4.69) is 43.4 Å². The minimum atomic E-state index is -0.445. The Hall–Kier alpha value is -1.35. The number of benzene rings is 1. The predicted molar refractivity (Wildman–Crippen MR) is 82.7 cm³/mol. The van der Waals surface area contributed by atoms with E-state index in [-0.39, 0.29) is 18.1 Å². The third-order valence-electron chi connectivity index (χ3n) is 3.15. The number of rotatable bonds is 5. The van der Waals surface area contributed by atoms with Gasteiger partial charge < -0.3 is 4.74 Å². The highest BCUT2D eigenvalue weighted by Crippen LogP contribution is 2.15. The summed E-state index contributed by atoms with van der Waals surface area (Å²) >= 11 is 0. The van der Waals surface area contributed by atoms with E-state index in [0.717, 1.165) is 6.42 Å². The van der Waals surface area contributed by atoms with Crippen LogP contribution in [0.15, 0.2) is 24.3 Å². The molecular weight excluding hydrogens is 250 g/mol. The van der Waals surface area contributed by atoms with Crippen LogP contribution in [0.3, 0.4) is 0 Å². The zero-order chi connectivity index (χ0) is 15.3. The van der Waals surface area contributed by atoms with Crippen LogP contribution >= 0.6 is 0 Å². The Bertz CT molecular complexity index is 431. The molecule has 0 fully saturated rings. The number of aryl methyl sites for hydroxylation is 1. The van der Waals surface area contributed by atoms with E-state index in [1.165, 1.54) is 11.1 Å². The lowest BCUT2D eigenvalue weighted by atomic mass is 10.0. The molecule has 0 saturated carbocycles. The molecule has 0 radical (unpaired) electrons. The Morgan fingerprint density at radius 3 is 2.20 bits per heavy atom. The summed E-state index contributed by atoms with van der Waals surface area (Å²) in [5.41, 5.74) is 2.05. The van der Waals surface area contributed by atoms with Gasteiger partial charge in [0, 0.05) is 6.04 Å². The molecule has 1 aromatic carbocycles. The molecule has 0 spiro atoms. The molecule has 0 aromatic heterocycles. The first-order valence-corrected chi connectivity index (χ1v) is 7.30. The molecule has 1 rings (SSSR count). The van der Waals surface area contributed by atoms with Crippen molar-refractivity contribution in [2.24, 2.45) is 0 Å². The van der Waals surface area contributed by atoms with Crippen molar-refractivity contribution in [2.45, 2.75) is 65.6 Å². The lowest BCUT2D eigenvalue weighted by molar-refractivity contribution is -0.157. The first-order valence-electron chi connectivity index (χ1n) is 7.30. The Morgan fingerprint density at radius 1 is 1.20 bits per heavy atom. The van der Waals surface area contributed by atoms with E-state index in [4.69, 9.17) is 4.74 Å². The molecule has 2 unspecified atom stereocenters. The fraction of sp³-hybridized carbons (Fsp3) is 0.588. The molecule has 0 amide bonds. The van der Waals surface area contributed by atoms with Crippen LogP contribution in [-0.4, -0.2) is 17.6 Å². The molecule has 0 saturated heterocycles. The molecule has 1 N–H and O–H groups in total. The first kappa shape index (κ1) is 16.7. The van der Waals surface area contributed by atoms with E-state index in [1.807, 2.05) is 27.7 Å². The van der Waals surface area contributed by atoms with E-state index >= 15 is 0 Å². The van der Waals surface area contributed by atoms with Gasteiger partial charge in [0.1, 0.15) is 11.6 Å². The Kier molecular flexibility index (Phi) is 5.75. The van der Waals surface area contributed by atoms with Crippen molar-refractivity contribution in [1.82, 2.24) is 5.32 Å². The third-order valence-corrected chi connectivity index (χ3v) is 3.15. The van der Waals surface area contributed by atoms with Gasteiger partial charge in [-0.15, -0.1) is 0 Å². The fourth-order valence-corrected chi connectivity index (χ4v) is 1.97. The largest absolute Gasteiger partial charge is 0.459 e. The van der Waals surface area contributed by atoms with Gasteiger partial charge in [0.15, 0.2) is 0 Å². The summed E-state index contributed by atoms with van der Waals surface area (Å²) in [7, 11) is 0. The molecule has 3 heteroatoms. The van der Waals surface area contributed by atoms with Crippen LogP contribution in [0.5, 0.6) is 0 Å². The summed E-state index contributed by atoms with van der Waals surface area (Å²) in [6, 6.07) is 8.27. The van der Waals surface area contributed by atoms with Crippen molar-refractivity contribution in [3.8, 4) is 0 Å². The number of carbonyl (C=O) groups excluding carboxylic acids is 1. The molecule has 20 heavy (non-hydrogen) atoms. The molecule has 3 nitrogen and oxygen atoms in total. The zero-order valence-corrected chi connectivity index (χ0v) is 13.5. The summed E-state index contributed by atoms with van der Waals surface area (Å²) in [5.74, 6) is -0.213. The van der Waals surface area contributed by atoms with Crippen molar-refractivity contribution in [2.75, 3.05) is 0 Å². The van der Waals surface area contributed by atoms with Crippen LogP contribution in [0.25, 0.3) is 0 Å². The van der Waals surface area contributed by atoms with E-state index in [9.17, 15) is 4.79 Å². The maximum Gasteiger partial charge on any atom is 0.323 e. The minimum absolute atomic E-state index is 0.114. The number of ether oxygens (including phenoxy) is 1. The summed E-state index contributed by atoms with van der Waals surface area (Å²) < 4.78 is 5.37. The average Bonchev–Trinajstić information content (AvgIpc) is 2.36. The Morgan fingerprint density at radius 2 is 1.75 bits per heavy atom. The van der Waals surface area contributed by atoms with Crippen LogP contribution in [0.2, 0.25) is 0 Å². The molecule has 0 heterocycles. The highest BCUT2D eigenvalue weighted by Gasteiger charge is 2.22. The number of hydrogen-bond acceptors (Lipinski definition) is 3. The van der Waals surface area contributed by atoms with Crippen molar-refractivity contribution >= 4 is 5.97 Å². The fourth-order valence-electron chi connectivity index (χ4n) is 1.97. The molecule has 1 aromatic rings. The van der Waals surface area contributed by atoms with Crippen LogP contribution in [0.4, 0.5) is 0 Å². The van der Waals surface area contributed by atoms with Gasteiger partial charge in [-0.3, -0.25) is 10.1 Å². The SMILES string of the molecule is CCc1ccc(C(C)NC(C)C(=O)OC(C)(C)C)cc1. The van der Waals surface area contributed by atoms with Crippen LogP contribution in [-0.2, 0) is 16.0 Å². The maximum absolute atomic E-state index is 11.9. The van der Waals surface area contributed by atoms with Crippen molar-refractivity contribution in [3.05, 3.63) is 35.4 Å². The van der Waals surface area contributed by atoms with Crippen molar-refractivity contribution in [3.63, 3.8) is 0 Å². The van der Waals surface area contributed by atoms with Gasteiger partial charge in [-0.25, -0.2) is 0 Å². The minimum Gasteiger partial charge on any atom is -0.459 e. The van der Waals surface area contributed by atoms with Crippen LogP contribution in [0, 0.1) is 0 Å². The van der Waals surface area contributed by atoms with E-state index < -0.39 is 5.60 Å². The van der Waals surface area contributed by atoms with Gasteiger partial charge in [0.2, 0.25) is 0 Å². The van der Waals surface area contributed by atoms with Crippen LogP contribution in [0.1, 0.15) is 58.7 Å². The lowest BCUT2D eigenvalue weighted by Crippen LogP contribution is -2.40. The van der Waals surface area contributed by atoms with E-state index in [1.54, 1.807) is 0 Å². The van der Waals surface area contributed by atoms with Gasteiger partial charge >= 0.3 is 5.97 Å². The molecular formula is C17H27NO2. The molecule has 112 valence electrons. The first-order chi connectivity index (χ1) is 9.23. The molecule has 2 atom stereocenters. The highest BCUT2D eigenvalue weighted by atomic mass is 16.6. The number of hydrogen-bond donors (Lipinski definition) is 1. The number of nitrogens with one attached hydrogen (secondary N) is 1. The quantitative estimate of drug-likeness (QED) is 0.835. The van der Waals surface area contributed by atoms with E-state index in [0.29, 0.717) is 0 Å². The van der Waals surface area contributed by atoms with Gasteiger partial charge in [-0.05, 0) is 52.2 Å². The Balaban J connectivity index is 2.60. The second-order valence-electron chi connectivity index (χ2n) is 6.24. The lowest BCUT2D eigenvalue weighted by Gasteiger charge is -2.25. The molecule has 0 bridgehead atoms. The molecule has 0 aliphatic rings. The maximum atomic E-state index is 11.9. The van der Waals surface area contributed by atoms with Crippen LogP contribution < -0.4 is 5.32 Å². The topological polar surface area (TPSA) is 38.3 Å². The smallest absolute Gasteiger partial charge is 0.323 e. The molecule has 0 aliphatic carbocycles. The summed E-state index contributed by atoms with van der Waals surface area (Å²) in [6.45, 7) is 11.7. The predicted octanol–water partition coefficient (Wildman–Crippen LogP) is 3.63. The summed E-state index contributed by atoms with van der Waals surface area (Å²) in [4.78, 5) is 11.9. The standard InChI is InChI=1S/C17H27NO2/c1-7-14-8-10-15(11-9-14)12(2)18-13(3)16(19)20-17(4,5)6/h8-13,18H,7H2,1-6H3. The second-order valence-corrected chi connectivity index (χ2v) is 6.24. The van der Waals surface area contributed by atoms with Gasteiger partial charge in [-0.2, -0.15) is 0 Å². The monoisotopic (exact) mass is 277 g/mol. The second kappa shape index (κ2) is 6.89. The van der Waals surface area contributed by atoms with Gasteiger partial charge in [0.25, 0.3) is 0 Å². The van der Waals surface area contributed by atoms with Gasteiger partial charge in [-0.1, -0.05) is 31.2 Å². The number of esters is 1. The summed E-state index contributed by atoms with van der Waals surface area (Å²) in [6.07, 6.45) is 1.04. The van der Waals surface area contributed by atoms with Crippen molar-refractivity contribution < 1.29 is 9.53 Å². The van der Waals surface area contributed by atoms with Gasteiger partial charge in [0.05, 0.1) is 0 Å². The summed E-state index contributed by atoms with van der Waals surface area (Å²) in [5, 5.41) is 3.28. The third kappa shape index (κ3) is 5.33.